The summed E-state index contributed by atoms with van der Waals surface area (Å²) in [5.74, 6) is 0.0230. The van der Waals surface area contributed by atoms with Crippen molar-refractivity contribution in [3.05, 3.63) is 0 Å². The van der Waals surface area contributed by atoms with Crippen LogP contribution in [0.5, 0.6) is 0 Å². The highest BCUT2D eigenvalue weighted by Gasteiger charge is 2.23. The van der Waals surface area contributed by atoms with E-state index < -0.39 is 0 Å². The standard InChI is InChI=1S/C13H27N3O.ClH/c1-4-5-12(14)13(17)15-11-6-8-16(9-7-11)10(2)3;/h10-12H,4-9,14H2,1-3H3,(H,15,17);1H. The van der Waals surface area contributed by atoms with E-state index in [-0.39, 0.29) is 24.4 Å². The molecule has 18 heavy (non-hydrogen) atoms. The van der Waals surface area contributed by atoms with E-state index in [1.165, 1.54) is 0 Å². The predicted molar refractivity (Wildman–Crippen MR) is 78.0 cm³/mol. The van der Waals surface area contributed by atoms with Crippen molar-refractivity contribution in [2.75, 3.05) is 13.1 Å². The third kappa shape index (κ3) is 5.55. The number of nitrogens with two attached hydrogens (primary N) is 1. The highest BCUT2D eigenvalue weighted by Crippen LogP contribution is 2.13. The summed E-state index contributed by atoms with van der Waals surface area (Å²) in [6, 6.07) is 0.595. The number of rotatable bonds is 5. The average molecular weight is 278 g/mol. The molecule has 1 amide bonds. The molecule has 0 aromatic rings. The van der Waals surface area contributed by atoms with Crippen LogP contribution in [0.2, 0.25) is 0 Å². The van der Waals surface area contributed by atoms with Gasteiger partial charge < -0.3 is 16.0 Å². The molecule has 1 heterocycles. The number of halogens is 1. The van der Waals surface area contributed by atoms with Gasteiger partial charge in [-0.2, -0.15) is 0 Å². The van der Waals surface area contributed by atoms with Crippen LogP contribution in [0.1, 0.15) is 46.5 Å². The molecule has 1 atom stereocenters. The van der Waals surface area contributed by atoms with Crippen LogP contribution in [0.4, 0.5) is 0 Å². The van der Waals surface area contributed by atoms with Crippen LogP contribution in [-0.4, -0.2) is 42.0 Å². The van der Waals surface area contributed by atoms with Crippen molar-refractivity contribution in [2.24, 2.45) is 5.73 Å². The lowest BCUT2D eigenvalue weighted by Gasteiger charge is -2.35. The maximum atomic E-state index is 11.8. The van der Waals surface area contributed by atoms with Gasteiger partial charge in [0.05, 0.1) is 6.04 Å². The summed E-state index contributed by atoms with van der Waals surface area (Å²) in [5, 5.41) is 3.07. The Kier molecular flexibility index (Phi) is 8.57. The third-order valence-electron chi connectivity index (χ3n) is 3.54. The van der Waals surface area contributed by atoms with Gasteiger partial charge in [0.25, 0.3) is 0 Å². The first-order chi connectivity index (χ1) is 8.04. The lowest BCUT2D eigenvalue weighted by atomic mass is 10.0. The Bertz CT molecular complexity index is 240. The van der Waals surface area contributed by atoms with Crippen molar-refractivity contribution in [3.8, 4) is 0 Å². The molecule has 0 spiro atoms. The van der Waals surface area contributed by atoms with E-state index in [0.717, 1.165) is 38.8 Å². The molecule has 4 nitrogen and oxygen atoms in total. The molecule has 3 N–H and O–H groups in total. The Balaban J connectivity index is 0.00000289. The van der Waals surface area contributed by atoms with Gasteiger partial charge in [-0.05, 0) is 33.1 Å². The van der Waals surface area contributed by atoms with Crippen molar-refractivity contribution in [1.82, 2.24) is 10.2 Å². The number of hydrogen-bond acceptors (Lipinski definition) is 3. The van der Waals surface area contributed by atoms with Gasteiger partial charge in [-0.3, -0.25) is 4.79 Å². The highest BCUT2D eigenvalue weighted by molar-refractivity contribution is 5.85. The van der Waals surface area contributed by atoms with Crippen LogP contribution in [0, 0.1) is 0 Å². The second kappa shape index (κ2) is 8.73. The topological polar surface area (TPSA) is 58.4 Å². The molecule has 0 aromatic carbocycles. The van der Waals surface area contributed by atoms with E-state index >= 15 is 0 Å². The second-order valence-corrected chi connectivity index (χ2v) is 5.31. The summed E-state index contributed by atoms with van der Waals surface area (Å²) in [6.45, 7) is 8.64. The molecule has 0 aromatic heterocycles. The zero-order valence-corrected chi connectivity index (χ0v) is 12.6. The molecule has 0 radical (unpaired) electrons. The number of likely N-dealkylation sites (tertiary alicyclic amines) is 1. The van der Waals surface area contributed by atoms with E-state index in [1.54, 1.807) is 0 Å². The summed E-state index contributed by atoms with van der Waals surface area (Å²) in [5.41, 5.74) is 5.80. The number of carbonyl (C=O) groups is 1. The molecule has 108 valence electrons. The van der Waals surface area contributed by atoms with Crippen molar-refractivity contribution >= 4 is 18.3 Å². The molecular formula is C13H28ClN3O. The van der Waals surface area contributed by atoms with Gasteiger partial charge in [0.1, 0.15) is 0 Å². The SMILES string of the molecule is CCCC(N)C(=O)NC1CCN(C(C)C)CC1.Cl. The Labute approximate surface area is 117 Å². The average Bonchev–Trinajstić information content (AvgIpc) is 2.30. The van der Waals surface area contributed by atoms with E-state index in [0.29, 0.717) is 12.1 Å². The Morgan fingerprint density at radius 2 is 1.94 bits per heavy atom. The fraction of sp³-hybridized carbons (Fsp3) is 0.923. The van der Waals surface area contributed by atoms with Crippen molar-refractivity contribution in [1.29, 1.82) is 0 Å². The van der Waals surface area contributed by atoms with Crippen LogP contribution < -0.4 is 11.1 Å². The second-order valence-electron chi connectivity index (χ2n) is 5.31. The molecule has 0 aliphatic carbocycles. The Morgan fingerprint density at radius 1 is 1.39 bits per heavy atom. The van der Waals surface area contributed by atoms with E-state index in [1.807, 2.05) is 6.92 Å². The van der Waals surface area contributed by atoms with Gasteiger partial charge in [-0.25, -0.2) is 0 Å². The maximum Gasteiger partial charge on any atom is 0.237 e. The summed E-state index contributed by atoms with van der Waals surface area (Å²) in [4.78, 5) is 14.2. The molecule has 1 fully saturated rings. The number of nitrogens with zero attached hydrogens (tertiary/aromatic N) is 1. The number of carbonyl (C=O) groups excluding carboxylic acids is 1. The van der Waals surface area contributed by atoms with Crippen LogP contribution in [0.25, 0.3) is 0 Å². The quantitative estimate of drug-likeness (QED) is 0.801. The number of amides is 1. The third-order valence-corrected chi connectivity index (χ3v) is 3.54. The van der Waals surface area contributed by atoms with E-state index in [4.69, 9.17) is 5.73 Å². The maximum absolute atomic E-state index is 11.8. The fourth-order valence-corrected chi connectivity index (χ4v) is 2.31. The van der Waals surface area contributed by atoms with Gasteiger partial charge in [-0.1, -0.05) is 13.3 Å². The summed E-state index contributed by atoms with van der Waals surface area (Å²) in [7, 11) is 0. The monoisotopic (exact) mass is 277 g/mol. The van der Waals surface area contributed by atoms with Gasteiger partial charge in [0, 0.05) is 25.2 Å². The minimum atomic E-state index is -0.330. The number of nitrogens with one attached hydrogen (secondary N) is 1. The predicted octanol–water partition coefficient (Wildman–Crippen LogP) is 1.52. The zero-order chi connectivity index (χ0) is 12.8. The van der Waals surface area contributed by atoms with Crippen LogP contribution in [0.3, 0.4) is 0 Å². The fourth-order valence-electron chi connectivity index (χ4n) is 2.31. The van der Waals surface area contributed by atoms with Gasteiger partial charge in [0.15, 0.2) is 0 Å². The molecule has 1 saturated heterocycles. The van der Waals surface area contributed by atoms with E-state index in [2.05, 4.69) is 24.1 Å². The molecule has 1 aliphatic rings. The molecule has 1 unspecified atom stereocenters. The Morgan fingerprint density at radius 3 is 2.39 bits per heavy atom. The molecular weight excluding hydrogens is 250 g/mol. The minimum absolute atomic E-state index is 0. The lowest BCUT2D eigenvalue weighted by molar-refractivity contribution is -0.123. The van der Waals surface area contributed by atoms with Gasteiger partial charge in [-0.15, -0.1) is 12.4 Å². The molecule has 1 aliphatic heterocycles. The van der Waals surface area contributed by atoms with Crippen molar-refractivity contribution < 1.29 is 4.79 Å². The Hall–Kier alpha value is -0.320. The van der Waals surface area contributed by atoms with Crippen molar-refractivity contribution in [2.45, 2.75) is 64.6 Å². The van der Waals surface area contributed by atoms with Crippen LogP contribution in [-0.2, 0) is 4.79 Å². The lowest BCUT2D eigenvalue weighted by Crippen LogP contribution is -2.50. The molecule has 1 rings (SSSR count). The zero-order valence-electron chi connectivity index (χ0n) is 11.8. The van der Waals surface area contributed by atoms with Crippen LogP contribution in [0.15, 0.2) is 0 Å². The largest absolute Gasteiger partial charge is 0.352 e. The molecule has 0 saturated carbocycles. The smallest absolute Gasteiger partial charge is 0.237 e. The first kappa shape index (κ1) is 17.7. The summed E-state index contributed by atoms with van der Waals surface area (Å²) < 4.78 is 0. The first-order valence-electron chi connectivity index (χ1n) is 6.84. The van der Waals surface area contributed by atoms with Crippen molar-refractivity contribution in [3.63, 3.8) is 0 Å². The summed E-state index contributed by atoms with van der Waals surface area (Å²) >= 11 is 0. The normalized spacial score (nSPS) is 19.4. The summed E-state index contributed by atoms with van der Waals surface area (Å²) in [6.07, 6.45) is 3.82. The number of hydrogen-bond donors (Lipinski definition) is 2. The van der Waals surface area contributed by atoms with Gasteiger partial charge in [0.2, 0.25) is 5.91 Å². The minimum Gasteiger partial charge on any atom is -0.352 e. The van der Waals surface area contributed by atoms with Gasteiger partial charge >= 0.3 is 0 Å². The van der Waals surface area contributed by atoms with E-state index in [9.17, 15) is 4.79 Å². The molecule has 5 heteroatoms. The van der Waals surface area contributed by atoms with Crippen LogP contribution >= 0.6 is 12.4 Å². The first-order valence-corrected chi connectivity index (χ1v) is 6.84. The highest BCUT2D eigenvalue weighted by atomic mass is 35.5. The number of piperidine rings is 1. The molecule has 0 bridgehead atoms.